The smallest absolute Gasteiger partial charge is 0.115 e. The highest BCUT2D eigenvalue weighted by atomic mass is 16.3. The first-order valence-electron chi connectivity index (χ1n) is 9.39. The van der Waals surface area contributed by atoms with Gasteiger partial charge in [-0.2, -0.15) is 0 Å². The average molecular weight is 346 g/mol. The zero-order chi connectivity index (χ0) is 18.4. The van der Waals surface area contributed by atoms with Gasteiger partial charge in [0.15, 0.2) is 0 Å². The summed E-state index contributed by atoms with van der Waals surface area (Å²) in [7, 11) is 0. The monoisotopic (exact) mass is 346 g/mol. The normalized spacial score (nSPS) is 10.8. The first-order chi connectivity index (χ1) is 12.7. The lowest BCUT2D eigenvalue weighted by Crippen LogP contribution is -1.93. The van der Waals surface area contributed by atoms with Gasteiger partial charge >= 0.3 is 0 Å². The molecule has 3 rings (SSSR count). The lowest BCUT2D eigenvalue weighted by molar-refractivity contribution is 0.475. The molecule has 134 valence electrons. The fraction of sp³-hybridized carbons (Fsp3) is 0.250. The highest BCUT2D eigenvalue weighted by molar-refractivity contribution is 5.74. The van der Waals surface area contributed by atoms with Crippen LogP contribution in [0.25, 0.3) is 22.3 Å². The SMILES string of the molecule is CCCCCCc1cc(-c2ccc(O)cc2)ccc1-c1ccc(O)cc1. The number of rotatable bonds is 7. The fourth-order valence-electron chi connectivity index (χ4n) is 3.30. The molecule has 0 atom stereocenters. The van der Waals surface area contributed by atoms with E-state index in [0.29, 0.717) is 5.75 Å². The first kappa shape index (κ1) is 18.1. The van der Waals surface area contributed by atoms with Crippen LogP contribution >= 0.6 is 0 Å². The van der Waals surface area contributed by atoms with Crippen LogP contribution in [0.5, 0.6) is 11.5 Å². The van der Waals surface area contributed by atoms with Gasteiger partial charge in [0.2, 0.25) is 0 Å². The molecule has 0 aromatic heterocycles. The summed E-state index contributed by atoms with van der Waals surface area (Å²) in [5.41, 5.74) is 5.96. The molecule has 0 fully saturated rings. The summed E-state index contributed by atoms with van der Waals surface area (Å²) in [5, 5.41) is 19.1. The second-order valence-electron chi connectivity index (χ2n) is 6.78. The van der Waals surface area contributed by atoms with Crippen molar-refractivity contribution in [3.63, 3.8) is 0 Å². The van der Waals surface area contributed by atoms with E-state index < -0.39 is 0 Å². The van der Waals surface area contributed by atoms with Gasteiger partial charge in [-0.05, 0) is 64.9 Å². The van der Waals surface area contributed by atoms with E-state index in [1.807, 2.05) is 24.3 Å². The molecule has 0 aliphatic heterocycles. The molecule has 0 saturated heterocycles. The maximum atomic E-state index is 9.57. The number of phenols is 2. The molecule has 0 saturated carbocycles. The number of hydrogen-bond donors (Lipinski definition) is 2. The molecule has 3 aromatic carbocycles. The van der Waals surface area contributed by atoms with Gasteiger partial charge in [-0.3, -0.25) is 0 Å². The van der Waals surface area contributed by atoms with Crippen molar-refractivity contribution in [1.82, 2.24) is 0 Å². The van der Waals surface area contributed by atoms with Crippen LogP contribution in [0.4, 0.5) is 0 Å². The molecule has 0 bridgehead atoms. The van der Waals surface area contributed by atoms with Gasteiger partial charge in [-0.1, -0.05) is 68.7 Å². The molecule has 0 radical (unpaired) electrons. The Morgan fingerprint density at radius 2 is 1.19 bits per heavy atom. The molecule has 0 unspecified atom stereocenters. The maximum absolute atomic E-state index is 9.57. The van der Waals surface area contributed by atoms with Crippen molar-refractivity contribution in [2.45, 2.75) is 39.0 Å². The van der Waals surface area contributed by atoms with E-state index in [-0.39, 0.29) is 5.75 Å². The number of phenolic OH excluding ortho intramolecular Hbond substituents is 2. The van der Waals surface area contributed by atoms with Crippen LogP contribution in [0.3, 0.4) is 0 Å². The third-order valence-corrected chi connectivity index (χ3v) is 4.78. The third-order valence-electron chi connectivity index (χ3n) is 4.78. The maximum Gasteiger partial charge on any atom is 0.115 e. The zero-order valence-corrected chi connectivity index (χ0v) is 15.3. The standard InChI is InChI=1S/C24H26O2/c1-2-3-4-5-6-21-17-20(18-7-12-22(25)13-8-18)11-16-24(21)19-9-14-23(26)15-10-19/h7-17,25-26H,2-6H2,1H3. The van der Waals surface area contributed by atoms with Gasteiger partial charge in [0.1, 0.15) is 11.5 Å². The summed E-state index contributed by atoms with van der Waals surface area (Å²) in [5.74, 6) is 0.577. The van der Waals surface area contributed by atoms with Gasteiger partial charge in [-0.15, -0.1) is 0 Å². The number of benzene rings is 3. The van der Waals surface area contributed by atoms with E-state index >= 15 is 0 Å². The van der Waals surface area contributed by atoms with Crippen molar-refractivity contribution in [3.05, 3.63) is 72.3 Å². The third kappa shape index (κ3) is 4.45. The second-order valence-corrected chi connectivity index (χ2v) is 6.78. The van der Waals surface area contributed by atoms with Crippen LogP contribution in [0, 0.1) is 0 Å². The summed E-state index contributed by atoms with van der Waals surface area (Å²) in [6.07, 6.45) is 5.97. The number of aryl methyl sites for hydroxylation is 1. The molecule has 0 aliphatic carbocycles. The molecule has 0 aliphatic rings. The van der Waals surface area contributed by atoms with Crippen molar-refractivity contribution >= 4 is 0 Å². The molecular weight excluding hydrogens is 320 g/mol. The lowest BCUT2D eigenvalue weighted by Gasteiger charge is -2.13. The molecule has 2 nitrogen and oxygen atoms in total. The van der Waals surface area contributed by atoms with Crippen LogP contribution in [-0.2, 0) is 6.42 Å². The number of hydrogen-bond acceptors (Lipinski definition) is 2. The van der Waals surface area contributed by atoms with Crippen molar-refractivity contribution in [2.75, 3.05) is 0 Å². The molecule has 0 spiro atoms. The summed E-state index contributed by atoms with van der Waals surface area (Å²) in [6.45, 7) is 2.23. The summed E-state index contributed by atoms with van der Waals surface area (Å²) in [4.78, 5) is 0. The highest BCUT2D eigenvalue weighted by Crippen LogP contribution is 2.31. The summed E-state index contributed by atoms with van der Waals surface area (Å²) < 4.78 is 0. The van der Waals surface area contributed by atoms with E-state index in [1.165, 1.54) is 36.8 Å². The highest BCUT2D eigenvalue weighted by Gasteiger charge is 2.08. The van der Waals surface area contributed by atoms with Gasteiger partial charge in [0.25, 0.3) is 0 Å². The predicted octanol–water partition coefficient (Wildman–Crippen LogP) is 6.55. The van der Waals surface area contributed by atoms with Gasteiger partial charge in [-0.25, -0.2) is 0 Å². The minimum absolute atomic E-state index is 0.286. The Morgan fingerprint density at radius 3 is 1.81 bits per heavy atom. The van der Waals surface area contributed by atoms with Crippen LogP contribution in [0.15, 0.2) is 66.7 Å². The van der Waals surface area contributed by atoms with E-state index in [9.17, 15) is 10.2 Å². The number of unbranched alkanes of at least 4 members (excludes halogenated alkanes) is 3. The Bertz CT molecular complexity index is 833. The minimum Gasteiger partial charge on any atom is -0.508 e. The largest absolute Gasteiger partial charge is 0.508 e. The molecule has 3 aromatic rings. The summed E-state index contributed by atoms with van der Waals surface area (Å²) in [6, 6.07) is 21.3. The number of aromatic hydroxyl groups is 2. The van der Waals surface area contributed by atoms with Crippen LogP contribution in [0.2, 0.25) is 0 Å². The van der Waals surface area contributed by atoms with E-state index in [1.54, 1.807) is 24.3 Å². The van der Waals surface area contributed by atoms with Crippen LogP contribution in [-0.4, -0.2) is 10.2 Å². The van der Waals surface area contributed by atoms with Crippen molar-refractivity contribution in [3.8, 4) is 33.8 Å². The molecule has 0 amide bonds. The van der Waals surface area contributed by atoms with Gasteiger partial charge < -0.3 is 10.2 Å². The molecule has 26 heavy (non-hydrogen) atoms. The molecular formula is C24H26O2. The van der Waals surface area contributed by atoms with Crippen molar-refractivity contribution in [2.24, 2.45) is 0 Å². The average Bonchev–Trinajstić information content (AvgIpc) is 2.66. The van der Waals surface area contributed by atoms with E-state index in [4.69, 9.17) is 0 Å². The van der Waals surface area contributed by atoms with Gasteiger partial charge in [0.05, 0.1) is 0 Å². The molecule has 2 heteroatoms. The molecule has 0 heterocycles. The van der Waals surface area contributed by atoms with Crippen molar-refractivity contribution < 1.29 is 10.2 Å². The topological polar surface area (TPSA) is 40.5 Å². The van der Waals surface area contributed by atoms with Crippen molar-refractivity contribution in [1.29, 1.82) is 0 Å². The quantitative estimate of drug-likeness (QED) is 0.476. The molecule has 2 N–H and O–H groups in total. The summed E-state index contributed by atoms with van der Waals surface area (Å²) >= 11 is 0. The van der Waals surface area contributed by atoms with E-state index in [2.05, 4.69) is 25.1 Å². The van der Waals surface area contributed by atoms with Crippen LogP contribution < -0.4 is 0 Å². The Morgan fingerprint density at radius 1 is 0.615 bits per heavy atom. The predicted molar refractivity (Wildman–Crippen MR) is 108 cm³/mol. The Balaban J connectivity index is 1.94. The second kappa shape index (κ2) is 8.57. The fourth-order valence-corrected chi connectivity index (χ4v) is 3.30. The van der Waals surface area contributed by atoms with Gasteiger partial charge in [0, 0.05) is 0 Å². The Kier molecular flexibility index (Phi) is 5.96. The zero-order valence-electron chi connectivity index (χ0n) is 15.3. The van der Waals surface area contributed by atoms with E-state index in [0.717, 1.165) is 23.1 Å². The van der Waals surface area contributed by atoms with Crippen LogP contribution in [0.1, 0.15) is 38.2 Å². The Hall–Kier alpha value is -2.74. The minimum atomic E-state index is 0.286. The lowest BCUT2D eigenvalue weighted by atomic mass is 9.92. The Labute approximate surface area is 155 Å². The first-order valence-corrected chi connectivity index (χ1v) is 9.39.